The maximum atomic E-state index is 14.5. The van der Waals surface area contributed by atoms with Crippen LogP contribution in [0.4, 0.5) is 14.6 Å². The Balaban J connectivity index is 1.25. The summed E-state index contributed by atoms with van der Waals surface area (Å²) in [6.07, 6.45) is 7.74. The van der Waals surface area contributed by atoms with Crippen LogP contribution >= 0.6 is 0 Å². The van der Waals surface area contributed by atoms with Crippen LogP contribution in [0.5, 0.6) is 0 Å². The van der Waals surface area contributed by atoms with Gasteiger partial charge in [-0.2, -0.15) is 0 Å². The second-order valence-corrected chi connectivity index (χ2v) is 13.2. The molecular formula is C36H37F2N5O2. The first-order valence-corrected chi connectivity index (χ1v) is 15.8. The second-order valence-electron chi connectivity index (χ2n) is 13.2. The Morgan fingerprint density at radius 1 is 0.978 bits per heavy atom. The zero-order chi connectivity index (χ0) is 31.6. The van der Waals surface area contributed by atoms with Crippen molar-refractivity contribution in [3.8, 4) is 0 Å². The lowest BCUT2D eigenvalue weighted by Crippen LogP contribution is -2.70. The van der Waals surface area contributed by atoms with Crippen molar-refractivity contribution in [3.63, 3.8) is 0 Å². The van der Waals surface area contributed by atoms with E-state index in [0.29, 0.717) is 43.6 Å². The van der Waals surface area contributed by atoms with Gasteiger partial charge in [-0.1, -0.05) is 32.8 Å². The van der Waals surface area contributed by atoms with Gasteiger partial charge in [-0.05, 0) is 91.3 Å². The molecule has 4 aromatic rings. The van der Waals surface area contributed by atoms with E-state index < -0.39 is 28.1 Å². The molecule has 1 saturated heterocycles. The highest BCUT2D eigenvalue weighted by Crippen LogP contribution is 2.47. The highest BCUT2D eigenvalue weighted by Gasteiger charge is 2.52. The summed E-state index contributed by atoms with van der Waals surface area (Å²) in [6.45, 7) is 6.56. The molecule has 3 aliphatic rings. The Kier molecular flexibility index (Phi) is 7.00. The van der Waals surface area contributed by atoms with Crippen LogP contribution in [0.1, 0.15) is 74.3 Å². The Morgan fingerprint density at radius 2 is 1.73 bits per heavy atom. The first-order valence-electron chi connectivity index (χ1n) is 15.8. The number of benzene rings is 2. The summed E-state index contributed by atoms with van der Waals surface area (Å²) in [7, 11) is 0. The molecule has 1 fully saturated rings. The SMILES string of the molecule is CCCCC1(CC)NCC(C)(c2cc(F)cc(F)c2)N(Cc2cnc3cc4c(cc3c2)C[C@@]2(C4)C(=O)Nc3ncccc32)C1=O. The summed E-state index contributed by atoms with van der Waals surface area (Å²) in [5, 5.41) is 7.39. The topological polar surface area (TPSA) is 87.2 Å². The van der Waals surface area contributed by atoms with E-state index in [9.17, 15) is 18.4 Å². The van der Waals surface area contributed by atoms with E-state index in [1.165, 1.54) is 12.1 Å². The van der Waals surface area contributed by atoms with Gasteiger partial charge in [0.25, 0.3) is 0 Å². The van der Waals surface area contributed by atoms with Gasteiger partial charge in [0, 0.05) is 42.5 Å². The smallest absolute Gasteiger partial charge is 0.243 e. The van der Waals surface area contributed by atoms with E-state index in [4.69, 9.17) is 4.98 Å². The highest BCUT2D eigenvalue weighted by atomic mass is 19.1. The van der Waals surface area contributed by atoms with Crippen LogP contribution in [0.2, 0.25) is 0 Å². The summed E-state index contributed by atoms with van der Waals surface area (Å²) < 4.78 is 29.0. The molecule has 2 aromatic heterocycles. The number of carbonyl (C=O) groups excluding carboxylic acids is 2. The third-order valence-corrected chi connectivity index (χ3v) is 10.4. The third kappa shape index (κ3) is 4.62. The number of rotatable bonds is 7. The minimum atomic E-state index is -0.999. The Hall–Kier alpha value is -4.24. The lowest BCUT2D eigenvalue weighted by atomic mass is 9.78. The molecule has 2 N–H and O–H groups in total. The van der Waals surface area contributed by atoms with Gasteiger partial charge in [-0.15, -0.1) is 0 Å². The number of piperazine rings is 1. The summed E-state index contributed by atoms with van der Waals surface area (Å²) in [6, 6.07) is 13.6. The predicted octanol–water partition coefficient (Wildman–Crippen LogP) is 6.08. The fourth-order valence-corrected chi connectivity index (χ4v) is 7.71. The first kappa shape index (κ1) is 29.5. The van der Waals surface area contributed by atoms with Crippen molar-refractivity contribution in [2.75, 3.05) is 11.9 Å². The molecular weight excluding hydrogens is 572 g/mol. The van der Waals surface area contributed by atoms with E-state index in [-0.39, 0.29) is 18.4 Å². The molecule has 1 spiro atoms. The molecule has 3 atom stereocenters. The van der Waals surface area contributed by atoms with E-state index in [0.717, 1.165) is 52.1 Å². The minimum Gasteiger partial charge on any atom is -0.326 e. The number of carbonyl (C=O) groups is 2. The molecule has 7 nitrogen and oxygen atoms in total. The molecule has 45 heavy (non-hydrogen) atoms. The number of fused-ring (bicyclic) bond motifs is 4. The summed E-state index contributed by atoms with van der Waals surface area (Å²) in [5.41, 5.74) is 2.72. The van der Waals surface area contributed by atoms with Crippen LogP contribution in [-0.2, 0) is 39.9 Å². The zero-order valence-corrected chi connectivity index (χ0v) is 25.8. The van der Waals surface area contributed by atoms with Crippen LogP contribution < -0.4 is 10.6 Å². The lowest BCUT2D eigenvalue weighted by Gasteiger charge is -2.53. The van der Waals surface area contributed by atoms with Gasteiger partial charge in [0.05, 0.1) is 22.0 Å². The first-order chi connectivity index (χ1) is 21.6. The van der Waals surface area contributed by atoms with E-state index in [1.54, 1.807) is 17.3 Å². The number of anilines is 1. The Morgan fingerprint density at radius 3 is 2.47 bits per heavy atom. The van der Waals surface area contributed by atoms with E-state index in [1.807, 2.05) is 32.0 Å². The van der Waals surface area contributed by atoms with Crippen molar-refractivity contribution in [2.45, 2.75) is 82.3 Å². The number of unbranched alkanes of at least 4 members (excludes halogenated alkanes) is 1. The van der Waals surface area contributed by atoms with Crippen molar-refractivity contribution < 1.29 is 18.4 Å². The molecule has 2 aliphatic heterocycles. The van der Waals surface area contributed by atoms with Gasteiger partial charge in [-0.3, -0.25) is 14.6 Å². The number of hydrogen-bond acceptors (Lipinski definition) is 5. The highest BCUT2D eigenvalue weighted by molar-refractivity contribution is 6.06. The average molecular weight is 610 g/mol. The number of nitrogens with one attached hydrogen (secondary N) is 2. The quantitative estimate of drug-likeness (QED) is 0.265. The van der Waals surface area contributed by atoms with Crippen LogP contribution in [0.15, 0.2) is 60.9 Å². The lowest BCUT2D eigenvalue weighted by molar-refractivity contribution is -0.153. The van der Waals surface area contributed by atoms with E-state index >= 15 is 0 Å². The van der Waals surface area contributed by atoms with Crippen molar-refractivity contribution in [3.05, 3.63) is 100 Å². The fraction of sp³-hybridized carbons (Fsp3) is 0.389. The van der Waals surface area contributed by atoms with Crippen molar-refractivity contribution in [1.82, 2.24) is 20.2 Å². The second kappa shape index (κ2) is 10.7. The summed E-state index contributed by atoms with van der Waals surface area (Å²) >= 11 is 0. The Labute approximate surface area is 261 Å². The van der Waals surface area contributed by atoms with Gasteiger partial charge >= 0.3 is 0 Å². The van der Waals surface area contributed by atoms with Gasteiger partial charge in [0.2, 0.25) is 11.8 Å². The summed E-state index contributed by atoms with van der Waals surface area (Å²) in [4.78, 5) is 38.6. The van der Waals surface area contributed by atoms with Crippen LogP contribution in [0.3, 0.4) is 0 Å². The number of pyridine rings is 2. The molecule has 0 saturated carbocycles. The number of nitrogens with zero attached hydrogens (tertiary/aromatic N) is 3. The van der Waals surface area contributed by atoms with Crippen molar-refractivity contribution in [1.29, 1.82) is 0 Å². The van der Waals surface area contributed by atoms with Gasteiger partial charge < -0.3 is 15.5 Å². The van der Waals surface area contributed by atoms with Gasteiger partial charge in [0.15, 0.2) is 0 Å². The average Bonchev–Trinajstić information content (AvgIpc) is 3.53. The molecule has 4 heterocycles. The largest absolute Gasteiger partial charge is 0.326 e. The molecule has 0 radical (unpaired) electrons. The molecule has 2 amide bonds. The number of halogens is 2. The van der Waals surface area contributed by atoms with E-state index in [2.05, 4.69) is 34.7 Å². The minimum absolute atomic E-state index is 0.0297. The fourth-order valence-electron chi connectivity index (χ4n) is 7.71. The normalized spacial score (nSPS) is 25.6. The molecule has 1 aliphatic carbocycles. The van der Waals surface area contributed by atoms with Crippen LogP contribution in [0.25, 0.3) is 10.9 Å². The summed E-state index contributed by atoms with van der Waals surface area (Å²) in [5.74, 6) is -0.829. The van der Waals surface area contributed by atoms with Crippen LogP contribution in [0, 0.1) is 11.6 Å². The molecule has 2 aromatic carbocycles. The molecule has 0 bridgehead atoms. The van der Waals surface area contributed by atoms with Crippen molar-refractivity contribution >= 4 is 28.5 Å². The predicted molar refractivity (Wildman–Crippen MR) is 169 cm³/mol. The maximum Gasteiger partial charge on any atom is 0.243 e. The number of hydrogen-bond donors (Lipinski definition) is 2. The standard InChI is InChI=1S/C36H37F2N5O2/c1-4-6-9-36(5-2)33(45)43(34(3,21-41-36)26-14-27(37)16-28(38)15-26)20-22-11-23-12-24-17-35(18-25(24)13-30(23)40-19-22)29-8-7-10-39-31(29)42-32(35)44/h7-8,10-16,19,41H,4-6,9,17-18,20-21H2,1-3H3,(H,39,42,44)/t34?,35-,36?/m0/s1. The maximum absolute atomic E-state index is 14.5. The monoisotopic (exact) mass is 609 g/mol. The molecule has 7 rings (SSSR count). The van der Waals surface area contributed by atoms with Crippen molar-refractivity contribution in [2.24, 2.45) is 0 Å². The van der Waals surface area contributed by atoms with Gasteiger partial charge in [0.1, 0.15) is 17.5 Å². The molecule has 232 valence electrons. The third-order valence-electron chi connectivity index (χ3n) is 10.4. The number of aromatic nitrogens is 2. The molecule has 9 heteroatoms. The zero-order valence-electron chi connectivity index (χ0n) is 25.8. The number of amides is 2. The molecule has 2 unspecified atom stereocenters. The van der Waals surface area contributed by atoms with Crippen LogP contribution in [-0.4, -0.2) is 38.8 Å². The Bertz CT molecular complexity index is 1840. The van der Waals surface area contributed by atoms with Gasteiger partial charge in [-0.25, -0.2) is 13.8 Å².